The molecular formula is C15H20N+. The monoisotopic (exact) mass is 214 g/mol. The van der Waals surface area contributed by atoms with Gasteiger partial charge in [0.15, 0.2) is 0 Å². The number of nitrogens with one attached hydrogen (secondary N) is 1. The molecule has 0 unspecified atom stereocenters. The molecule has 1 N–H and O–H groups in total. The summed E-state index contributed by atoms with van der Waals surface area (Å²) in [6.45, 7) is 5.74. The Kier molecular flexibility index (Phi) is 4.02. The average Bonchev–Trinajstić information content (AvgIpc) is 2.30. The van der Waals surface area contributed by atoms with E-state index >= 15 is 0 Å². The van der Waals surface area contributed by atoms with Gasteiger partial charge < -0.3 is 4.90 Å². The third-order valence-corrected chi connectivity index (χ3v) is 3.15. The zero-order valence-corrected chi connectivity index (χ0v) is 10.1. The quantitative estimate of drug-likeness (QED) is 0.674. The smallest absolute Gasteiger partial charge is 0.139 e. The molecule has 0 saturated carbocycles. The normalized spacial score (nSPS) is 16.6. The number of likely N-dealkylation sites (tertiary alicyclic amines) is 1. The van der Waals surface area contributed by atoms with Crippen molar-refractivity contribution in [3.05, 3.63) is 35.4 Å². The van der Waals surface area contributed by atoms with Gasteiger partial charge in [-0.25, -0.2) is 0 Å². The van der Waals surface area contributed by atoms with Gasteiger partial charge in [-0.15, -0.1) is 0 Å². The minimum Gasteiger partial charge on any atom is -0.325 e. The molecule has 1 fully saturated rings. The predicted molar refractivity (Wildman–Crippen MR) is 67.5 cm³/mol. The van der Waals surface area contributed by atoms with E-state index in [4.69, 9.17) is 0 Å². The van der Waals surface area contributed by atoms with Crippen molar-refractivity contribution in [3.63, 3.8) is 0 Å². The van der Waals surface area contributed by atoms with Crippen molar-refractivity contribution in [3.8, 4) is 11.8 Å². The van der Waals surface area contributed by atoms with Gasteiger partial charge in [-0.3, -0.25) is 0 Å². The molecule has 1 heteroatoms. The van der Waals surface area contributed by atoms with Crippen LogP contribution in [0.4, 0.5) is 0 Å². The van der Waals surface area contributed by atoms with Crippen molar-refractivity contribution in [2.24, 2.45) is 0 Å². The van der Waals surface area contributed by atoms with Gasteiger partial charge in [-0.2, -0.15) is 0 Å². The second-order valence-electron chi connectivity index (χ2n) is 4.66. The molecule has 0 amide bonds. The molecule has 1 aliphatic rings. The highest BCUT2D eigenvalue weighted by Crippen LogP contribution is 2.01. The number of hydrogen-bond donors (Lipinski definition) is 1. The van der Waals surface area contributed by atoms with Crippen molar-refractivity contribution in [2.75, 3.05) is 19.6 Å². The first-order valence-corrected chi connectivity index (χ1v) is 6.24. The zero-order valence-electron chi connectivity index (χ0n) is 10.1. The van der Waals surface area contributed by atoms with Crippen molar-refractivity contribution in [1.29, 1.82) is 0 Å². The summed E-state index contributed by atoms with van der Waals surface area (Å²) in [4.78, 5) is 1.66. The minimum atomic E-state index is 1.01. The summed E-state index contributed by atoms with van der Waals surface area (Å²) in [5.74, 6) is 6.57. The van der Waals surface area contributed by atoms with Crippen molar-refractivity contribution in [2.45, 2.75) is 26.2 Å². The van der Waals surface area contributed by atoms with Gasteiger partial charge in [-0.1, -0.05) is 18.1 Å². The van der Waals surface area contributed by atoms with Crippen LogP contribution < -0.4 is 4.90 Å². The van der Waals surface area contributed by atoms with Gasteiger partial charge in [-0.05, 0) is 49.8 Å². The van der Waals surface area contributed by atoms with Gasteiger partial charge in [0.05, 0.1) is 13.1 Å². The maximum Gasteiger partial charge on any atom is 0.139 e. The predicted octanol–water partition coefficient (Wildman–Crippen LogP) is 1.42. The van der Waals surface area contributed by atoms with E-state index in [2.05, 4.69) is 43.0 Å². The number of hydrogen-bond acceptors (Lipinski definition) is 0. The molecule has 0 aliphatic carbocycles. The molecule has 1 nitrogen and oxygen atoms in total. The molecule has 0 aromatic heterocycles. The van der Waals surface area contributed by atoms with Crippen LogP contribution in [-0.2, 0) is 0 Å². The summed E-state index contributed by atoms with van der Waals surface area (Å²) in [6, 6.07) is 8.43. The Morgan fingerprint density at radius 3 is 2.75 bits per heavy atom. The summed E-state index contributed by atoms with van der Waals surface area (Å²) in [7, 11) is 0. The Morgan fingerprint density at radius 2 is 2.00 bits per heavy atom. The molecule has 84 valence electrons. The summed E-state index contributed by atoms with van der Waals surface area (Å²) in [5.41, 5.74) is 2.44. The molecule has 0 bridgehead atoms. The van der Waals surface area contributed by atoms with E-state index in [1.165, 1.54) is 37.9 Å². The fourth-order valence-corrected chi connectivity index (χ4v) is 2.22. The lowest BCUT2D eigenvalue weighted by Crippen LogP contribution is -3.12. The van der Waals surface area contributed by atoms with E-state index in [0.717, 1.165) is 12.1 Å². The molecular weight excluding hydrogens is 194 g/mol. The van der Waals surface area contributed by atoms with Crippen LogP contribution >= 0.6 is 0 Å². The summed E-state index contributed by atoms with van der Waals surface area (Å²) in [5, 5.41) is 0. The number of quaternary nitrogens is 1. The third kappa shape index (κ3) is 3.40. The fourth-order valence-electron chi connectivity index (χ4n) is 2.22. The lowest BCUT2D eigenvalue weighted by atomic mass is 10.1. The van der Waals surface area contributed by atoms with Crippen LogP contribution in [-0.4, -0.2) is 19.6 Å². The topological polar surface area (TPSA) is 4.44 Å². The summed E-state index contributed by atoms with van der Waals surface area (Å²) < 4.78 is 0. The van der Waals surface area contributed by atoms with E-state index in [0.29, 0.717) is 0 Å². The molecule has 0 radical (unpaired) electrons. The van der Waals surface area contributed by atoms with Crippen LogP contribution in [0.1, 0.15) is 30.4 Å². The first kappa shape index (κ1) is 11.2. The van der Waals surface area contributed by atoms with Crippen LogP contribution in [0.5, 0.6) is 0 Å². The highest BCUT2D eigenvalue weighted by molar-refractivity contribution is 5.36. The molecule has 2 rings (SSSR count). The van der Waals surface area contributed by atoms with E-state index in [1.54, 1.807) is 4.90 Å². The molecule has 1 aromatic carbocycles. The van der Waals surface area contributed by atoms with Crippen LogP contribution in [0.15, 0.2) is 24.3 Å². The summed E-state index contributed by atoms with van der Waals surface area (Å²) >= 11 is 0. The lowest BCUT2D eigenvalue weighted by Gasteiger charge is -2.20. The Hall–Kier alpha value is -1.26. The van der Waals surface area contributed by atoms with Gasteiger partial charge in [0, 0.05) is 5.56 Å². The highest BCUT2D eigenvalue weighted by atomic mass is 15.1. The average molecular weight is 214 g/mol. The van der Waals surface area contributed by atoms with Crippen LogP contribution in [0.2, 0.25) is 0 Å². The lowest BCUT2D eigenvalue weighted by molar-refractivity contribution is -0.897. The molecule has 1 aliphatic heterocycles. The molecule has 1 heterocycles. The number of piperidine rings is 1. The number of rotatable bonds is 1. The Bertz CT molecular complexity index is 391. The maximum absolute atomic E-state index is 3.31. The molecule has 1 saturated heterocycles. The standard InChI is InChI=1S/C15H19N/c1-14-7-5-8-15(13-14)9-6-12-16-10-3-2-4-11-16/h5,7-8,13H,2-4,10-12H2,1H3/p+1. The third-order valence-electron chi connectivity index (χ3n) is 3.15. The van der Waals surface area contributed by atoms with Crippen molar-refractivity contribution >= 4 is 0 Å². The van der Waals surface area contributed by atoms with Crippen molar-refractivity contribution in [1.82, 2.24) is 0 Å². The summed E-state index contributed by atoms with van der Waals surface area (Å²) in [6.07, 6.45) is 4.16. The second kappa shape index (κ2) is 5.72. The molecule has 16 heavy (non-hydrogen) atoms. The van der Waals surface area contributed by atoms with Crippen LogP contribution in [0.3, 0.4) is 0 Å². The van der Waals surface area contributed by atoms with Gasteiger partial charge in [0.2, 0.25) is 0 Å². The van der Waals surface area contributed by atoms with E-state index < -0.39 is 0 Å². The fraction of sp³-hybridized carbons (Fsp3) is 0.467. The molecule has 0 spiro atoms. The largest absolute Gasteiger partial charge is 0.325 e. The first-order chi connectivity index (χ1) is 7.84. The van der Waals surface area contributed by atoms with Crippen LogP contribution in [0, 0.1) is 18.8 Å². The van der Waals surface area contributed by atoms with Crippen LogP contribution in [0.25, 0.3) is 0 Å². The van der Waals surface area contributed by atoms with Crippen molar-refractivity contribution < 1.29 is 4.90 Å². The SMILES string of the molecule is Cc1cccc(C#CC[NH+]2CCCCC2)c1. The maximum atomic E-state index is 3.31. The number of aryl methyl sites for hydroxylation is 1. The van der Waals surface area contributed by atoms with E-state index in [1.807, 2.05) is 0 Å². The Balaban J connectivity index is 1.89. The molecule has 0 atom stereocenters. The Labute approximate surface area is 98.5 Å². The minimum absolute atomic E-state index is 1.01. The van der Waals surface area contributed by atoms with Gasteiger partial charge >= 0.3 is 0 Å². The number of benzene rings is 1. The first-order valence-electron chi connectivity index (χ1n) is 6.24. The van der Waals surface area contributed by atoms with Gasteiger partial charge in [0.1, 0.15) is 6.54 Å². The van der Waals surface area contributed by atoms with E-state index in [-0.39, 0.29) is 0 Å². The second-order valence-corrected chi connectivity index (χ2v) is 4.66. The van der Waals surface area contributed by atoms with E-state index in [9.17, 15) is 0 Å². The Morgan fingerprint density at radius 1 is 1.19 bits per heavy atom. The molecule has 1 aromatic rings. The van der Waals surface area contributed by atoms with Gasteiger partial charge in [0.25, 0.3) is 0 Å². The highest BCUT2D eigenvalue weighted by Gasteiger charge is 2.10. The zero-order chi connectivity index (χ0) is 11.2.